The topological polar surface area (TPSA) is 48.0 Å². The highest BCUT2D eigenvalue weighted by molar-refractivity contribution is 5.84. The van der Waals surface area contributed by atoms with E-state index in [1.54, 1.807) is 12.1 Å². The number of H-pyrrole nitrogens is 1. The molecule has 0 aliphatic carbocycles. The summed E-state index contributed by atoms with van der Waals surface area (Å²) in [6.07, 6.45) is 4.79. The summed E-state index contributed by atoms with van der Waals surface area (Å²) in [7, 11) is 0. The van der Waals surface area contributed by atoms with Crippen molar-refractivity contribution in [1.29, 1.82) is 0 Å². The molecule has 0 atom stereocenters. The Morgan fingerprint density at radius 1 is 1.44 bits per heavy atom. The first kappa shape index (κ1) is 10.8. The largest absolute Gasteiger partial charge is 0.508 e. The summed E-state index contributed by atoms with van der Waals surface area (Å²) in [6.45, 7) is 5.39. The minimum atomic E-state index is 0.312. The van der Waals surface area contributed by atoms with Gasteiger partial charge in [0.15, 0.2) is 0 Å². The van der Waals surface area contributed by atoms with Crippen LogP contribution in [0.3, 0.4) is 0 Å². The predicted octanol–water partition coefficient (Wildman–Crippen LogP) is 2.19. The maximum Gasteiger partial charge on any atom is 0.116 e. The zero-order chi connectivity index (χ0) is 11.4. The molecule has 0 saturated heterocycles. The normalized spacial score (nSPS) is 10.8. The van der Waals surface area contributed by atoms with Gasteiger partial charge in [0, 0.05) is 23.6 Å². The summed E-state index contributed by atoms with van der Waals surface area (Å²) >= 11 is 0. The number of nitrogens with one attached hydrogen (secondary N) is 2. The number of fused-ring (bicyclic) bond motifs is 1. The second-order valence-electron chi connectivity index (χ2n) is 3.79. The van der Waals surface area contributed by atoms with Crippen LogP contribution in [-0.4, -0.2) is 23.2 Å². The van der Waals surface area contributed by atoms with Gasteiger partial charge < -0.3 is 15.4 Å². The molecule has 1 aromatic heterocycles. The quantitative estimate of drug-likeness (QED) is 0.530. The molecule has 0 unspecified atom stereocenters. The highest BCUT2D eigenvalue weighted by atomic mass is 16.3. The maximum absolute atomic E-state index is 9.44. The first-order valence-electron chi connectivity index (χ1n) is 5.42. The van der Waals surface area contributed by atoms with Gasteiger partial charge in [0.05, 0.1) is 0 Å². The molecule has 0 radical (unpaired) electrons. The van der Waals surface area contributed by atoms with E-state index >= 15 is 0 Å². The Bertz CT molecular complexity index is 488. The van der Waals surface area contributed by atoms with Crippen molar-refractivity contribution in [1.82, 2.24) is 10.3 Å². The fourth-order valence-electron chi connectivity index (χ4n) is 1.80. The molecule has 0 saturated carbocycles. The van der Waals surface area contributed by atoms with Crippen LogP contribution in [0, 0.1) is 0 Å². The Morgan fingerprint density at radius 2 is 2.31 bits per heavy atom. The van der Waals surface area contributed by atoms with E-state index in [2.05, 4.69) is 16.9 Å². The molecule has 2 rings (SSSR count). The van der Waals surface area contributed by atoms with Gasteiger partial charge in [-0.25, -0.2) is 0 Å². The van der Waals surface area contributed by atoms with Gasteiger partial charge in [0.25, 0.3) is 0 Å². The Morgan fingerprint density at radius 3 is 3.12 bits per heavy atom. The summed E-state index contributed by atoms with van der Waals surface area (Å²) in [5, 5.41) is 13.8. The van der Waals surface area contributed by atoms with Crippen LogP contribution in [0.2, 0.25) is 0 Å². The molecule has 0 spiro atoms. The lowest BCUT2D eigenvalue weighted by Gasteiger charge is -2.01. The van der Waals surface area contributed by atoms with Gasteiger partial charge in [0.1, 0.15) is 5.75 Å². The third kappa shape index (κ3) is 2.25. The molecule has 3 N–H and O–H groups in total. The number of benzene rings is 1. The average molecular weight is 216 g/mol. The van der Waals surface area contributed by atoms with Gasteiger partial charge in [-0.3, -0.25) is 0 Å². The van der Waals surface area contributed by atoms with Gasteiger partial charge in [-0.2, -0.15) is 0 Å². The molecule has 0 aliphatic rings. The van der Waals surface area contributed by atoms with Crippen molar-refractivity contribution >= 4 is 10.9 Å². The molecule has 0 aliphatic heterocycles. The number of phenolic OH excluding ortho intramolecular Hbond substituents is 1. The van der Waals surface area contributed by atoms with Gasteiger partial charge in [-0.15, -0.1) is 6.58 Å². The summed E-state index contributed by atoms with van der Waals surface area (Å²) in [6, 6.07) is 5.39. The monoisotopic (exact) mass is 216 g/mol. The Kier molecular flexibility index (Phi) is 3.27. The van der Waals surface area contributed by atoms with Gasteiger partial charge in [-0.05, 0) is 36.7 Å². The van der Waals surface area contributed by atoms with Crippen LogP contribution in [-0.2, 0) is 6.42 Å². The first-order chi connectivity index (χ1) is 7.81. The lowest BCUT2D eigenvalue weighted by molar-refractivity contribution is 0.476. The molecule has 0 bridgehead atoms. The van der Waals surface area contributed by atoms with E-state index in [1.165, 1.54) is 5.56 Å². The van der Waals surface area contributed by atoms with Crippen LogP contribution in [0.4, 0.5) is 0 Å². The molecule has 0 amide bonds. The zero-order valence-electron chi connectivity index (χ0n) is 9.16. The van der Waals surface area contributed by atoms with Crippen LogP contribution in [0.25, 0.3) is 10.9 Å². The van der Waals surface area contributed by atoms with E-state index in [4.69, 9.17) is 0 Å². The van der Waals surface area contributed by atoms with E-state index in [1.807, 2.05) is 18.3 Å². The fourth-order valence-corrected chi connectivity index (χ4v) is 1.80. The number of aromatic amines is 1. The summed E-state index contributed by atoms with van der Waals surface area (Å²) in [5.41, 5.74) is 2.29. The maximum atomic E-state index is 9.44. The van der Waals surface area contributed by atoms with E-state index in [-0.39, 0.29) is 0 Å². The molecule has 3 nitrogen and oxygen atoms in total. The highest BCUT2D eigenvalue weighted by Gasteiger charge is 2.03. The lowest BCUT2D eigenvalue weighted by atomic mass is 10.1. The number of hydrogen-bond acceptors (Lipinski definition) is 2. The molecule has 1 heterocycles. The highest BCUT2D eigenvalue weighted by Crippen LogP contribution is 2.22. The van der Waals surface area contributed by atoms with Crippen molar-refractivity contribution in [2.24, 2.45) is 0 Å². The second-order valence-corrected chi connectivity index (χ2v) is 3.79. The minimum absolute atomic E-state index is 0.312. The molecule has 84 valence electrons. The molecule has 3 heteroatoms. The Hall–Kier alpha value is -1.74. The van der Waals surface area contributed by atoms with Gasteiger partial charge in [-0.1, -0.05) is 6.08 Å². The average Bonchev–Trinajstić information content (AvgIpc) is 2.67. The van der Waals surface area contributed by atoms with E-state index in [9.17, 15) is 5.11 Å². The Balaban J connectivity index is 2.11. The first-order valence-corrected chi connectivity index (χ1v) is 5.42. The third-order valence-electron chi connectivity index (χ3n) is 2.61. The van der Waals surface area contributed by atoms with Gasteiger partial charge in [0.2, 0.25) is 0 Å². The second kappa shape index (κ2) is 4.86. The molecular formula is C13H16N2O. The summed E-state index contributed by atoms with van der Waals surface area (Å²) in [5.74, 6) is 0.312. The standard InChI is InChI=1S/C13H16N2O/c1-2-6-14-7-5-10-9-15-13-4-3-11(16)8-12(10)13/h2-4,8-9,14-16H,1,5-7H2. The van der Waals surface area contributed by atoms with Crippen LogP contribution in [0.5, 0.6) is 5.75 Å². The van der Waals surface area contributed by atoms with Gasteiger partial charge >= 0.3 is 0 Å². The number of hydrogen-bond donors (Lipinski definition) is 3. The smallest absolute Gasteiger partial charge is 0.116 e. The number of phenols is 1. The lowest BCUT2D eigenvalue weighted by Crippen LogP contribution is -2.16. The zero-order valence-corrected chi connectivity index (χ0v) is 9.16. The van der Waals surface area contributed by atoms with E-state index < -0.39 is 0 Å². The predicted molar refractivity (Wildman–Crippen MR) is 66.7 cm³/mol. The van der Waals surface area contributed by atoms with Crippen LogP contribution >= 0.6 is 0 Å². The fraction of sp³-hybridized carbons (Fsp3) is 0.231. The summed E-state index contributed by atoms with van der Waals surface area (Å²) in [4.78, 5) is 3.20. The minimum Gasteiger partial charge on any atom is -0.508 e. The van der Waals surface area contributed by atoms with Crippen molar-refractivity contribution in [3.63, 3.8) is 0 Å². The number of rotatable bonds is 5. The van der Waals surface area contributed by atoms with Crippen LogP contribution in [0.15, 0.2) is 37.1 Å². The third-order valence-corrected chi connectivity index (χ3v) is 2.61. The van der Waals surface area contributed by atoms with Crippen molar-refractivity contribution in [2.45, 2.75) is 6.42 Å². The van der Waals surface area contributed by atoms with E-state index in [0.717, 1.165) is 30.4 Å². The van der Waals surface area contributed by atoms with Crippen molar-refractivity contribution < 1.29 is 5.11 Å². The number of aromatic hydroxyl groups is 1. The molecular weight excluding hydrogens is 200 g/mol. The molecule has 1 aromatic carbocycles. The SMILES string of the molecule is C=CCNCCc1c[nH]c2ccc(O)cc12. The molecule has 16 heavy (non-hydrogen) atoms. The molecule has 0 fully saturated rings. The summed E-state index contributed by atoms with van der Waals surface area (Å²) < 4.78 is 0. The van der Waals surface area contributed by atoms with E-state index in [0.29, 0.717) is 5.75 Å². The van der Waals surface area contributed by atoms with Crippen molar-refractivity contribution in [2.75, 3.05) is 13.1 Å². The van der Waals surface area contributed by atoms with Crippen LogP contribution in [0.1, 0.15) is 5.56 Å². The van der Waals surface area contributed by atoms with Crippen molar-refractivity contribution in [3.05, 3.63) is 42.6 Å². The van der Waals surface area contributed by atoms with Crippen LogP contribution < -0.4 is 5.32 Å². The Labute approximate surface area is 94.8 Å². The molecule has 2 aromatic rings. The number of aromatic nitrogens is 1. The van der Waals surface area contributed by atoms with Crippen molar-refractivity contribution in [3.8, 4) is 5.75 Å².